The molecule has 1 aliphatic rings. The molecule has 1 heterocycles. The van der Waals surface area contributed by atoms with Crippen LogP contribution in [0.4, 0.5) is 5.82 Å². The number of nitrogens with zero attached hydrogens (tertiary/aromatic N) is 2. The molecule has 0 atom stereocenters. The third-order valence-corrected chi connectivity index (χ3v) is 4.80. The van der Waals surface area contributed by atoms with Crippen molar-refractivity contribution < 1.29 is 0 Å². The summed E-state index contributed by atoms with van der Waals surface area (Å²) in [6.07, 6.45) is 5.92. The van der Waals surface area contributed by atoms with Crippen LogP contribution >= 0.6 is 0 Å². The molecule has 0 unspecified atom stereocenters. The zero-order chi connectivity index (χ0) is 14.7. The highest BCUT2D eigenvalue weighted by molar-refractivity contribution is 5.45. The Morgan fingerprint density at radius 3 is 2.35 bits per heavy atom. The summed E-state index contributed by atoms with van der Waals surface area (Å²) in [6.45, 7) is 8.83. The minimum atomic E-state index is 0.502. The first-order chi connectivity index (χ1) is 9.56. The van der Waals surface area contributed by atoms with Gasteiger partial charge in [0.15, 0.2) is 0 Å². The van der Waals surface area contributed by atoms with E-state index in [1.54, 1.807) is 0 Å². The molecule has 3 N–H and O–H groups in total. The molecule has 1 aromatic rings. The molecule has 1 saturated carbocycles. The molecule has 0 radical (unpaired) electrons. The molecule has 1 aliphatic carbocycles. The van der Waals surface area contributed by atoms with E-state index in [0.717, 1.165) is 41.2 Å². The fraction of sp³-hybridized carbons (Fsp3) is 0.750. The normalized spacial score (nSPS) is 23.1. The molecule has 4 nitrogen and oxygen atoms in total. The molecule has 0 amide bonds. The second kappa shape index (κ2) is 6.53. The summed E-state index contributed by atoms with van der Waals surface area (Å²) >= 11 is 0. The lowest BCUT2D eigenvalue weighted by molar-refractivity contribution is 0.254. The van der Waals surface area contributed by atoms with Crippen LogP contribution in [0.5, 0.6) is 0 Å². The summed E-state index contributed by atoms with van der Waals surface area (Å²) in [6, 6.07) is 0. The third kappa shape index (κ3) is 3.11. The first-order valence-corrected chi connectivity index (χ1v) is 7.90. The number of nitrogens with two attached hydrogens (primary N) is 1. The second-order valence-electron chi connectivity index (χ2n) is 6.35. The van der Waals surface area contributed by atoms with E-state index >= 15 is 0 Å². The van der Waals surface area contributed by atoms with E-state index in [1.807, 2.05) is 0 Å². The molecule has 0 spiro atoms. The van der Waals surface area contributed by atoms with Gasteiger partial charge in [0.1, 0.15) is 11.6 Å². The van der Waals surface area contributed by atoms with E-state index < -0.39 is 0 Å². The minimum Gasteiger partial charge on any atom is -0.308 e. The highest BCUT2D eigenvalue weighted by atomic mass is 15.3. The SMILES string of the molecule is CCc1c(C)nc(C2CCC(C(C)C)CC2)nc1NN. The maximum Gasteiger partial charge on any atom is 0.147 e. The van der Waals surface area contributed by atoms with Crippen LogP contribution in [0.3, 0.4) is 0 Å². The molecule has 0 aromatic carbocycles. The van der Waals surface area contributed by atoms with E-state index in [4.69, 9.17) is 10.8 Å². The molecule has 112 valence electrons. The van der Waals surface area contributed by atoms with Gasteiger partial charge in [0.05, 0.1) is 0 Å². The van der Waals surface area contributed by atoms with Crippen molar-refractivity contribution in [2.24, 2.45) is 17.7 Å². The van der Waals surface area contributed by atoms with Crippen LogP contribution in [0.1, 0.15) is 69.5 Å². The van der Waals surface area contributed by atoms with Crippen molar-refractivity contribution in [3.05, 3.63) is 17.1 Å². The highest BCUT2D eigenvalue weighted by Crippen LogP contribution is 2.38. The summed E-state index contributed by atoms with van der Waals surface area (Å²) in [5.41, 5.74) is 4.94. The van der Waals surface area contributed by atoms with Crippen LogP contribution in [0.2, 0.25) is 0 Å². The zero-order valence-corrected chi connectivity index (χ0v) is 13.2. The van der Waals surface area contributed by atoms with Crippen molar-refractivity contribution in [3.8, 4) is 0 Å². The number of hydrogen-bond acceptors (Lipinski definition) is 4. The van der Waals surface area contributed by atoms with Gasteiger partial charge in [0.2, 0.25) is 0 Å². The molecule has 1 fully saturated rings. The lowest BCUT2D eigenvalue weighted by atomic mass is 9.76. The Morgan fingerprint density at radius 1 is 1.20 bits per heavy atom. The van der Waals surface area contributed by atoms with Crippen LogP contribution < -0.4 is 11.3 Å². The van der Waals surface area contributed by atoms with E-state index in [0.29, 0.717) is 5.92 Å². The van der Waals surface area contributed by atoms with Crippen molar-refractivity contribution in [2.45, 2.75) is 65.7 Å². The number of aryl methyl sites for hydroxylation is 1. The Labute approximate surface area is 122 Å². The number of nitrogens with one attached hydrogen (secondary N) is 1. The maximum absolute atomic E-state index is 5.62. The van der Waals surface area contributed by atoms with Gasteiger partial charge in [-0.05, 0) is 50.9 Å². The first kappa shape index (κ1) is 15.2. The molecular weight excluding hydrogens is 248 g/mol. The lowest BCUT2D eigenvalue weighted by Gasteiger charge is -2.30. The van der Waals surface area contributed by atoms with Gasteiger partial charge in [0, 0.05) is 17.2 Å². The van der Waals surface area contributed by atoms with E-state index in [1.165, 1.54) is 25.7 Å². The number of anilines is 1. The Balaban J connectivity index is 2.16. The monoisotopic (exact) mass is 276 g/mol. The van der Waals surface area contributed by atoms with E-state index in [9.17, 15) is 0 Å². The quantitative estimate of drug-likeness (QED) is 0.652. The number of rotatable bonds is 4. The molecule has 1 aromatic heterocycles. The predicted octanol–water partition coefficient (Wildman–Crippen LogP) is 3.56. The molecule has 2 rings (SSSR count). The van der Waals surface area contributed by atoms with Crippen molar-refractivity contribution in [2.75, 3.05) is 5.43 Å². The van der Waals surface area contributed by atoms with Gasteiger partial charge < -0.3 is 5.43 Å². The Morgan fingerprint density at radius 2 is 1.85 bits per heavy atom. The topological polar surface area (TPSA) is 63.8 Å². The van der Waals surface area contributed by atoms with E-state index in [2.05, 4.69) is 38.1 Å². The minimum absolute atomic E-state index is 0.502. The lowest BCUT2D eigenvalue weighted by Crippen LogP contribution is -2.21. The zero-order valence-electron chi connectivity index (χ0n) is 13.2. The molecule has 0 bridgehead atoms. The molecular formula is C16H28N4. The van der Waals surface area contributed by atoms with Crippen LogP contribution in [0.25, 0.3) is 0 Å². The smallest absolute Gasteiger partial charge is 0.147 e. The van der Waals surface area contributed by atoms with Gasteiger partial charge in [-0.15, -0.1) is 0 Å². The fourth-order valence-corrected chi connectivity index (χ4v) is 3.39. The average molecular weight is 276 g/mol. The average Bonchev–Trinajstić information content (AvgIpc) is 2.46. The Kier molecular flexibility index (Phi) is 4.97. The van der Waals surface area contributed by atoms with Gasteiger partial charge in [-0.25, -0.2) is 15.8 Å². The second-order valence-corrected chi connectivity index (χ2v) is 6.35. The standard InChI is InChI=1S/C16H28N4/c1-5-14-11(4)18-15(19-16(14)20-17)13-8-6-12(7-9-13)10(2)3/h10,12-13H,5-9,17H2,1-4H3,(H,18,19,20). The van der Waals surface area contributed by atoms with Gasteiger partial charge in [-0.1, -0.05) is 20.8 Å². The van der Waals surface area contributed by atoms with E-state index in [-0.39, 0.29) is 0 Å². The number of aromatic nitrogens is 2. The summed E-state index contributed by atoms with van der Waals surface area (Å²) in [5.74, 6) is 9.57. The van der Waals surface area contributed by atoms with Crippen molar-refractivity contribution in [1.29, 1.82) is 0 Å². The first-order valence-electron chi connectivity index (χ1n) is 7.90. The molecule has 0 aliphatic heterocycles. The fourth-order valence-electron chi connectivity index (χ4n) is 3.39. The van der Waals surface area contributed by atoms with Gasteiger partial charge in [-0.3, -0.25) is 0 Å². The predicted molar refractivity (Wildman–Crippen MR) is 83.5 cm³/mol. The number of hydrogen-bond donors (Lipinski definition) is 2. The van der Waals surface area contributed by atoms with Crippen molar-refractivity contribution in [1.82, 2.24) is 9.97 Å². The molecule has 4 heteroatoms. The summed E-state index contributed by atoms with van der Waals surface area (Å²) in [4.78, 5) is 9.41. The van der Waals surface area contributed by atoms with Crippen LogP contribution in [0, 0.1) is 18.8 Å². The summed E-state index contributed by atoms with van der Waals surface area (Å²) in [7, 11) is 0. The van der Waals surface area contributed by atoms with Gasteiger partial charge in [0.25, 0.3) is 0 Å². The maximum atomic E-state index is 5.62. The van der Waals surface area contributed by atoms with Crippen LogP contribution in [0.15, 0.2) is 0 Å². The van der Waals surface area contributed by atoms with Crippen molar-refractivity contribution >= 4 is 5.82 Å². The third-order valence-electron chi connectivity index (χ3n) is 4.80. The Bertz CT molecular complexity index is 448. The summed E-state index contributed by atoms with van der Waals surface area (Å²) in [5, 5.41) is 0. The van der Waals surface area contributed by atoms with Crippen LogP contribution in [-0.4, -0.2) is 9.97 Å². The molecule has 20 heavy (non-hydrogen) atoms. The highest BCUT2D eigenvalue weighted by Gasteiger charge is 2.26. The van der Waals surface area contributed by atoms with Crippen LogP contribution in [-0.2, 0) is 6.42 Å². The summed E-state index contributed by atoms with van der Waals surface area (Å²) < 4.78 is 0. The number of nitrogen functional groups attached to an aromatic ring is 1. The van der Waals surface area contributed by atoms with Crippen molar-refractivity contribution in [3.63, 3.8) is 0 Å². The van der Waals surface area contributed by atoms with Gasteiger partial charge in [-0.2, -0.15) is 0 Å². The van der Waals surface area contributed by atoms with Gasteiger partial charge >= 0.3 is 0 Å². The largest absolute Gasteiger partial charge is 0.308 e. The molecule has 0 saturated heterocycles. The Hall–Kier alpha value is -1.16. The number of hydrazine groups is 1.